The first-order valence-electron chi connectivity index (χ1n) is 7.86. The maximum atomic E-state index is 12.4. The average Bonchev–Trinajstić information content (AvgIpc) is 2.94. The van der Waals surface area contributed by atoms with Crippen LogP contribution < -0.4 is 5.32 Å². The van der Waals surface area contributed by atoms with E-state index < -0.39 is 5.97 Å². The molecular weight excluding hydrogens is 316 g/mol. The van der Waals surface area contributed by atoms with Crippen LogP contribution in [0.5, 0.6) is 0 Å². The highest BCUT2D eigenvalue weighted by molar-refractivity contribution is 6.04. The first kappa shape index (κ1) is 16.5. The van der Waals surface area contributed by atoms with E-state index in [1.807, 2.05) is 38.1 Å². The third-order valence-electron chi connectivity index (χ3n) is 4.03. The van der Waals surface area contributed by atoms with Crippen molar-refractivity contribution in [2.24, 2.45) is 0 Å². The summed E-state index contributed by atoms with van der Waals surface area (Å²) in [5.74, 6) is -1.31. The number of aromatic carboxylic acids is 1. The number of nitrogens with one attached hydrogen (secondary N) is 1. The zero-order valence-corrected chi connectivity index (χ0v) is 14.0. The molecule has 0 saturated carbocycles. The summed E-state index contributed by atoms with van der Waals surface area (Å²) in [6.07, 6.45) is 0. The van der Waals surface area contributed by atoms with Crippen LogP contribution in [0, 0.1) is 13.8 Å². The minimum atomic E-state index is -1.03. The summed E-state index contributed by atoms with van der Waals surface area (Å²) >= 11 is 0. The molecule has 1 amide bonds. The number of anilines is 1. The molecule has 5 heteroatoms. The molecule has 5 nitrogen and oxygen atoms in total. The van der Waals surface area contributed by atoms with Crippen LogP contribution in [0.1, 0.15) is 32.1 Å². The quantitative estimate of drug-likeness (QED) is 0.756. The lowest BCUT2D eigenvalue weighted by atomic mass is 10.1. The molecule has 25 heavy (non-hydrogen) atoms. The van der Waals surface area contributed by atoms with Gasteiger partial charge in [-0.25, -0.2) is 4.79 Å². The normalized spacial score (nSPS) is 10.5. The number of hydrogen-bond donors (Lipinski definition) is 2. The van der Waals surface area contributed by atoms with Gasteiger partial charge in [0.25, 0.3) is 5.91 Å². The van der Waals surface area contributed by atoms with Crippen LogP contribution in [0.15, 0.2) is 60.7 Å². The van der Waals surface area contributed by atoms with Crippen molar-refractivity contribution in [3.05, 3.63) is 83.2 Å². The first-order chi connectivity index (χ1) is 12.0. The molecule has 0 fully saturated rings. The summed E-state index contributed by atoms with van der Waals surface area (Å²) in [4.78, 5) is 23.4. The van der Waals surface area contributed by atoms with Gasteiger partial charge in [0.05, 0.1) is 5.56 Å². The number of carboxylic acids is 1. The van der Waals surface area contributed by atoms with Gasteiger partial charge in [-0.3, -0.25) is 4.79 Å². The van der Waals surface area contributed by atoms with Crippen LogP contribution in [-0.2, 0) is 0 Å². The van der Waals surface area contributed by atoms with Crippen molar-refractivity contribution in [1.82, 2.24) is 4.57 Å². The van der Waals surface area contributed by atoms with Crippen LogP contribution in [0.2, 0.25) is 0 Å². The third-order valence-corrected chi connectivity index (χ3v) is 4.03. The first-order valence-corrected chi connectivity index (χ1v) is 7.86. The van der Waals surface area contributed by atoms with E-state index in [1.165, 1.54) is 12.1 Å². The molecule has 0 bridgehead atoms. The molecule has 1 aromatic heterocycles. The molecule has 2 N–H and O–H groups in total. The van der Waals surface area contributed by atoms with Gasteiger partial charge in [-0.1, -0.05) is 6.07 Å². The van der Waals surface area contributed by atoms with Crippen LogP contribution in [0.25, 0.3) is 5.69 Å². The predicted octanol–water partition coefficient (Wildman–Crippen LogP) is 4.04. The molecule has 2 aromatic carbocycles. The van der Waals surface area contributed by atoms with Gasteiger partial charge in [-0.15, -0.1) is 0 Å². The van der Waals surface area contributed by atoms with Crippen molar-refractivity contribution in [2.45, 2.75) is 13.8 Å². The molecule has 3 rings (SSSR count). The van der Waals surface area contributed by atoms with E-state index in [0.717, 1.165) is 17.1 Å². The second-order valence-electron chi connectivity index (χ2n) is 5.84. The zero-order chi connectivity index (χ0) is 18.0. The lowest BCUT2D eigenvalue weighted by Crippen LogP contribution is -2.12. The van der Waals surface area contributed by atoms with Gasteiger partial charge in [0, 0.05) is 28.3 Å². The van der Waals surface area contributed by atoms with Gasteiger partial charge in [0.15, 0.2) is 0 Å². The fourth-order valence-electron chi connectivity index (χ4n) is 2.77. The average molecular weight is 334 g/mol. The zero-order valence-electron chi connectivity index (χ0n) is 14.0. The van der Waals surface area contributed by atoms with Crippen molar-refractivity contribution in [1.29, 1.82) is 0 Å². The van der Waals surface area contributed by atoms with E-state index in [1.54, 1.807) is 24.3 Å². The molecular formula is C20H18N2O3. The molecule has 0 radical (unpaired) electrons. The fourth-order valence-corrected chi connectivity index (χ4v) is 2.77. The van der Waals surface area contributed by atoms with Gasteiger partial charge in [-0.05, 0) is 68.4 Å². The maximum Gasteiger partial charge on any atom is 0.335 e. The molecule has 0 atom stereocenters. The van der Waals surface area contributed by atoms with Crippen LogP contribution >= 0.6 is 0 Å². The summed E-state index contributed by atoms with van der Waals surface area (Å²) in [7, 11) is 0. The number of rotatable bonds is 4. The van der Waals surface area contributed by atoms with E-state index in [4.69, 9.17) is 5.11 Å². The SMILES string of the molecule is Cc1ccc(C)n1-c1ccc(C(=O)Nc2cccc(C(=O)O)c2)cc1. The van der Waals surface area contributed by atoms with E-state index in [2.05, 4.69) is 9.88 Å². The highest BCUT2D eigenvalue weighted by atomic mass is 16.4. The number of hydrogen-bond acceptors (Lipinski definition) is 2. The van der Waals surface area contributed by atoms with Crippen molar-refractivity contribution in [3.63, 3.8) is 0 Å². The number of carbonyl (C=O) groups is 2. The van der Waals surface area contributed by atoms with Gasteiger partial charge in [0.2, 0.25) is 0 Å². The minimum absolute atomic E-state index is 0.131. The standard InChI is InChI=1S/C20H18N2O3/c1-13-6-7-14(2)22(13)18-10-8-15(9-11-18)19(23)21-17-5-3-4-16(12-17)20(24)25/h3-12H,1-2H3,(H,21,23)(H,24,25). The largest absolute Gasteiger partial charge is 0.478 e. The Balaban J connectivity index is 1.79. The summed E-state index contributed by atoms with van der Waals surface area (Å²) in [5.41, 5.74) is 4.33. The monoisotopic (exact) mass is 334 g/mol. The van der Waals surface area contributed by atoms with E-state index in [-0.39, 0.29) is 11.5 Å². The van der Waals surface area contributed by atoms with E-state index >= 15 is 0 Å². The topological polar surface area (TPSA) is 71.3 Å². The van der Waals surface area contributed by atoms with Gasteiger partial charge >= 0.3 is 5.97 Å². The highest BCUT2D eigenvalue weighted by Crippen LogP contribution is 2.18. The van der Waals surface area contributed by atoms with Crippen molar-refractivity contribution < 1.29 is 14.7 Å². The van der Waals surface area contributed by atoms with Crippen molar-refractivity contribution in [2.75, 3.05) is 5.32 Å². The van der Waals surface area contributed by atoms with Crippen molar-refractivity contribution in [3.8, 4) is 5.69 Å². The fraction of sp³-hybridized carbons (Fsp3) is 0.100. The number of carbonyl (C=O) groups excluding carboxylic acids is 1. The summed E-state index contributed by atoms with van der Waals surface area (Å²) < 4.78 is 2.11. The second kappa shape index (κ2) is 6.65. The molecule has 1 heterocycles. The summed E-state index contributed by atoms with van der Waals surface area (Å²) in [6.45, 7) is 4.06. The number of benzene rings is 2. The van der Waals surface area contributed by atoms with Crippen molar-refractivity contribution >= 4 is 17.6 Å². The molecule has 0 aliphatic carbocycles. The number of nitrogens with zero attached hydrogens (tertiary/aromatic N) is 1. The van der Waals surface area contributed by atoms with Crippen LogP contribution in [0.4, 0.5) is 5.69 Å². The third kappa shape index (κ3) is 3.45. The Kier molecular flexibility index (Phi) is 4.39. The summed E-state index contributed by atoms with van der Waals surface area (Å²) in [6, 6.07) is 17.6. The summed E-state index contributed by atoms with van der Waals surface area (Å²) in [5, 5.41) is 11.7. The van der Waals surface area contributed by atoms with Gasteiger partial charge in [0.1, 0.15) is 0 Å². The van der Waals surface area contributed by atoms with Gasteiger partial charge in [-0.2, -0.15) is 0 Å². The smallest absolute Gasteiger partial charge is 0.335 e. The van der Waals surface area contributed by atoms with Gasteiger partial charge < -0.3 is 15.0 Å². The Morgan fingerprint density at radius 2 is 1.52 bits per heavy atom. The Morgan fingerprint density at radius 3 is 2.12 bits per heavy atom. The molecule has 3 aromatic rings. The molecule has 0 unspecified atom stereocenters. The van der Waals surface area contributed by atoms with Crippen LogP contribution in [0.3, 0.4) is 0 Å². The lowest BCUT2D eigenvalue weighted by molar-refractivity contribution is 0.0696. The second-order valence-corrected chi connectivity index (χ2v) is 5.84. The van der Waals surface area contributed by atoms with Crippen LogP contribution in [-0.4, -0.2) is 21.6 Å². The molecule has 0 spiro atoms. The lowest BCUT2D eigenvalue weighted by Gasteiger charge is -2.11. The number of aromatic nitrogens is 1. The number of carboxylic acid groups (broad SMARTS) is 1. The number of aryl methyl sites for hydroxylation is 2. The Hall–Kier alpha value is -3.34. The molecule has 0 aliphatic rings. The molecule has 0 saturated heterocycles. The minimum Gasteiger partial charge on any atom is -0.478 e. The highest BCUT2D eigenvalue weighted by Gasteiger charge is 2.10. The maximum absolute atomic E-state index is 12.4. The Morgan fingerprint density at radius 1 is 0.880 bits per heavy atom. The molecule has 0 aliphatic heterocycles. The Bertz CT molecular complexity index is 920. The number of amides is 1. The Labute approximate surface area is 145 Å². The van der Waals surface area contributed by atoms with E-state index in [0.29, 0.717) is 11.3 Å². The molecule has 126 valence electrons. The predicted molar refractivity (Wildman–Crippen MR) is 96.6 cm³/mol. The van der Waals surface area contributed by atoms with E-state index in [9.17, 15) is 9.59 Å².